The number of hydrogen-bond donors (Lipinski definition) is 0. The van der Waals surface area contributed by atoms with Gasteiger partial charge in [0.1, 0.15) is 11.5 Å². The van der Waals surface area contributed by atoms with E-state index in [9.17, 15) is 8.78 Å². The van der Waals surface area contributed by atoms with Crippen molar-refractivity contribution in [1.82, 2.24) is 0 Å². The first kappa shape index (κ1) is 15.3. The fourth-order valence-electron chi connectivity index (χ4n) is 3.52. The van der Waals surface area contributed by atoms with Gasteiger partial charge >= 0.3 is 0 Å². The Labute approximate surface area is 130 Å². The van der Waals surface area contributed by atoms with Crippen LogP contribution in [0.4, 0.5) is 8.78 Å². The highest BCUT2D eigenvalue weighted by Gasteiger charge is 2.24. The predicted molar refractivity (Wildman–Crippen MR) is 83.7 cm³/mol. The molecule has 0 N–H and O–H groups in total. The van der Waals surface area contributed by atoms with Crippen molar-refractivity contribution in [3.8, 4) is 11.3 Å². The highest BCUT2D eigenvalue weighted by atomic mass is 19.2. The van der Waals surface area contributed by atoms with Crippen molar-refractivity contribution in [3.05, 3.63) is 47.7 Å². The van der Waals surface area contributed by atoms with Crippen molar-refractivity contribution < 1.29 is 13.2 Å². The van der Waals surface area contributed by atoms with Crippen LogP contribution in [0.15, 0.2) is 34.7 Å². The molecule has 0 spiro atoms. The Bertz CT molecular complexity index is 624. The third kappa shape index (κ3) is 3.23. The molecule has 0 bridgehead atoms. The van der Waals surface area contributed by atoms with Crippen molar-refractivity contribution in [2.24, 2.45) is 5.92 Å². The topological polar surface area (TPSA) is 13.1 Å². The minimum absolute atomic E-state index is 0.465. The van der Waals surface area contributed by atoms with Gasteiger partial charge in [-0.2, -0.15) is 0 Å². The number of hydrogen-bond acceptors (Lipinski definition) is 1. The van der Waals surface area contributed by atoms with Gasteiger partial charge in [-0.05, 0) is 61.9 Å². The first-order chi connectivity index (χ1) is 10.7. The number of furan rings is 1. The second-order valence-corrected chi connectivity index (χ2v) is 6.34. The van der Waals surface area contributed by atoms with E-state index in [1.807, 2.05) is 12.1 Å². The average molecular weight is 304 g/mol. The third-order valence-electron chi connectivity index (χ3n) is 4.78. The molecule has 0 radical (unpaired) electrons. The predicted octanol–water partition coefficient (Wildman–Crippen LogP) is 6.30. The lowest BCUT2D eigenvalue weighted by atomic mass is 9.79. The molecular weight excluding hydrogens is 282 g/mol. The molecule has 0 aliphatic heterocycles. The maximum atomic E-state index is 13.3. The molecule has 1 aliphatic carbocycles. The molecule has 1 saturated carbocycles. The molecular formula is C19H22F2O. The van der Waals surface area contributed by atoms with Gasteiger partial charge in [0.25, 0.3) is 0 Å². The fourth-order valence-corrected chi connectivity index (χ4v) is 3.52. The molecule has 0 saturated heterocycles. The van der Waals surface area contributed by atoms with Gasteiger partial charge in [0, 0.05) is 11.5 Å². The molecule has 1 nitrogen and oxygen atoms in total. The lowest BCUT2D eigenvalue weighted by molar-refractivity contribution is 0.286. The van der Waals surface area contributed by atoms with Crippen molar-refractivity contribution in [2.45, 2.75) is 51.4 Å². The fraction of sp³-hybridized carbons (Fsp3) is 0.474. The van der Waals surface area contributed by atoms with Crippen LogP contribution in [-0.2, 0) is 0 Å². The largest absolute Gasteiger partial charge is 0.461 e. The van der Waals surface area contributed by atoms with Gasteiger partial charge in [-0.1, -0.05) is 19.8 Å². The van der Waals surface area contributed by atoms with E-state index in [4.69, 9.17) is 4.42 Å². The number of benzene rings is 1. The van der Waals surface area contributed by atoms with Crippen molar-refractivity contribution in [3.63, 3.8) is 0 Å². The second kappa shape index (κ2) is 6.64. The summed E-state index contributed by atoms with van der Waals surface area (Å²) in [4.78, 5) is 0. The van der Waals surface area contributed by atoms with Crippen LogP contribution in [0.1, 0.15) is 57.1 Å². The van der Waals surface area contributed by atoms with Crippen LogP contribution in [0, 0.1) is 17.6 Å². The quantitative estimate of drug-likeness (QED) is 0.646. The molecule has 3 rings (SSSR count). The lowest BCUT2D eigenvalue weighted by Gasteiger charge is -2.27. The Morgan fingerprint density at radius 2 is 1.77 bits per heavy atom. The van der Waals surface area contributed by atoms with Gasteiger partial charge in [-0.15, -0.1) is 0 Å². The Balaban J connectivity index is 1.70. The summed E-state index contributed by atoms with van der Waals surface area (Å²) < 4.78 is 32.2. The van der Waals surface area contributed by atoms with Crippen LogP contribution >= 0.6 is 0 Å². The van der Waals surface area contributed by atoms with Gasteiger partial charge in [0.2, 0.25) is 0 Å². The van der Waals surface area contributed by atoms with E-state index in [0.29, 0.717) is 17.2 Å². The molecule has 0 unspecified atom stereocenters. The molecule has 0 atom stereocenters. The number of halogens is 2. The average Bonchev–Trinajstić information content (AvgIpc) is 3.01. The van der Waals surface area contributed by atoms with Crippen LogP contribution in [0.5, 0.6) is 0 Å². The van der Waals surface area contributed by atoms with Gasteiger partial charge in [-0.25, -0.2) is 8.78 Å². The maximum absolute atomic E-state index is 13.3. The molecule has 2 aromatic rings. The van der Waals surface area contributed by atoms with E-state index in [1.165, 1.54) is 31.7 Å². The molecule has 1 aromatic heterocycles. The minimum atomic E-state index is -0.837. The summed E-state index contributed by atoms with van der Waals surface area (Å²) in [6, 6.07) is 7.74. The Kier molecular flexibility index (Phi) is 4.60. The van der Waals surface area contributed by atoms with Crippen LogP contribution in [0.2, 0.25) is 0 Å². The lowest BCUT2D eigenvalue weighted by Crippen LogP contribution is -2.12. The summed E-state index contributed by atoms with van der Waals surface area (Å²) in [6.07, 6.45) is 7.44. The van der Waals surface area contributed by atoms with Crippen LogP contribution in [0.25, 0.3) is 11.3 Å². The molecule has 0 amide bonds. The van der Waals surface area contributed by atoms with Gasteiger partial charge in [-0.3, -0.25) is 0 Å². The van der Waals surface area contributed by atoms with E-state index in [0.717, 1.165) is 30.6 Å². The van der Waals surface area contributed by atoms with Gasteiger partial charge in [0.15, 0.2) is 11.6 Å². The van der Waals surface area contributed by atoms with E-state index >= 15 is 0 Å². The summed E-state index contributed by atoms with van der Waals surface area (Å²) in [5, 5.41) is 0. The molecule has 3 heteroatoms. The summed E-state index contributed by atoms with van der Waals surface area (Å²) in [5.41, 5.74) is 0.588. The Morgan fingerprint density at radius 1 is 1.00 bits per heavy atom. The van der Waals surface area contributed by atoms with Gasteiger partial charge < -0.3 is 4.42 Å². The van der Waals surface area contributed by atoms with E-state index in [-0.39, 0.29) is 0 Å². The van der Waals surface area contributed by atoms with E-state index < -0.39 is 11.6 Å². The Hall–Kier alpha value is -1.64. The van der Waals surface area contributed by atoms with Crippen molar-refractivity contribution in [1.29, 1.82) is 0 Å². The molecule has 1 heterocycles. The highest BCUT2D eigenvalue weighted by molar-refractivity contribution is 5.57. The SMILES string of the molecule is CCC[C@H]1CC[C@H](c2ccc(-c3ccc(F)c(F)c3)o2)CC1. The third-order valence-corrected chi connectivity index (χ3v) is 4.78. The highest BCUT2D eigenvalue weighted by Crippen LogP contribution is 2.39. The first-order valence-electron chi connectivity index (χ1n) is 8.22. The monoisotopic (exact) mass is 304 g/mol. The molecule has 1 aliphatic rings. The van der Waals surface area contributed by atoms with Crippen molar-refractivity contribution >= 4 is 0 Å². The molecule has 118 valence electrons. The van der Waals surface area contributed by atoms with Crippen LogP contribution in [-0.4, -0.2) is 0 Å². The second-order valence-electron chi connectivity index (χ2n) is 6.34. The number of rotatable bonds is 4. The smallest absolute Gasteiger partial charge is 0.159 e. The summed E-state index contributed by atoms with van der Waals surface area (Å²) in [7, 11) is 0. The summed E-state index contributed by atoms with van der Waals surface area (Å²) in [6.45, 7) is 2.24. The summed E-state index contributed by atoms with van der Waals surface area (Å²) in [5.74, 6) is 1.26. The standard InChI is InChI=1S/C19H22F2O/c1-2-3-13-4-6-14(7-5-13)18-10-11-19(22-18)15-8-9-16(20)17(21)12-15/h8-14H,2-7H2,1H3/t13-,14-. The maximum Gasteiger partial charge on any atom is 0.159 e. The molecule has 1 fully saturated rings. The Morgan fingerprint density at radius 3 is 2.45 bits per heavy atom. The van der Waals surface area contributed by atoms with E-state index in [2.05, 4.69) is 6.92 Å². The zero-order chi connectivity index (χ0) is 15.5. The van der Waals surface area contributed by atoms with Gasteiger partial charge in [0.05, 0.1) is 0 Å². The minimum Gasteiger partial charge on any atom is -0.461 e. The zero-order valence-corrected chi connectivity index (χ0v) is 12.9. The molecule has 22 heavy (non-hydrogen) atoms. The zero-order valence-electron chi connectivity index (χ0n) is 12.9. The molecule has 1 aromatic carbocycles. The summed E-state index contributed by atoms with van der Waals surface area (Å²) >= 11 is 0. The van der Waals surface area contributed by atoms with Crippen LogP contribution in [0.3, 0.4) is 0 Å². The normalized spacial score (nSPS) is 22.0. The van der Waals surface area contributed by atoms with Crippen LogP contribution < -0.4 is 0 Å². The van der Waals surface area contributed by atoms with Crippen molar-refractivity contribution in [2.75, 3.05) is 0 Å². The van der Waals surface area contributed by atoms with E-state index in [1.54, 1.807) is 6.07 Å². The first-order valence-corrected chi connectivity index (χ1v) is 8.22.